The topological polar surface area (TPSA) is 34.0 Å². The maximum absolute atomic E-state index is 5.48. The van der Waals surface area contributed by atoms with Crippen LogP contribution in [0, 0.1) is 12.1 Å². The molecule has 2 heterocycles. The Bertz CT molecular complexity index is 2210. The van der Waals surface area contributed by atoms with E-state index in [0.717, 1.165) is 67.6 Å². The number of hydrogen-bond acceptors (Lipinski definition) is 3. The summed E-state index contributed by atoms with van der Waals surface area (Å²) in [5.74, 6) is 1.51. The van der Waals surface area contributed by atoms with Crippen molar-refractivity contribution in [2.45, 2.75) is 0 Å². The van der Waals surface area contributed by atoms with Crippen molar-refractivity contribution in [2.75, 3.05) is 4.90 Å². The first-order valence-corrected chi connectivity index (χ1v) is 15.3. The standard InChI is InChI=1S/C42H28N4.Pt/c1-4-16-31(17-5-1)33-20-14-21-34(30-33)37-25-15-27-39-41(37)44-42(45(35-22-8-3-9-23-35)40-28-12-13-29-43-40)46(39)38-26-11-10-24-36(38)32-18-6-2-7-19-32;/h1-16,18-29H;/q-2;+2. The number of aromatic nitrogens is 3. The molecule has 0 aliphatic rings. The van der Waals surface area contributed by atoms with E-state index in [0.29, 0.717) is 0 Å². The molecule has 8 aromatic rings. The number of fused-ring (bicyclic) bond motifs is 1. The second kappa shape index (κ2) is 13.4. The molecule has 5 heteroatoms. The smallest absolute Gasteiger partial charge is 0.278 e. The van der Waals surface area contributed by atoms with Gasteiger partial charge in [-0.1, -0.05) is 90.5 Å². The molecule has 0 fully saturated rings. The average molecular weight is 784 g/mol. The van der Waals surface area contributed by atoms with E-state index >= 15 is 0 Å². The third-order valence-corrected chi connectivity index (χ3v) is 8.07. The van der Waals surface area contributed by atoms with Gasteiger partial charge in [0.25, 0.3) is 0 Å². The number of imidazole rings is 1. The predicted octanol–water partition coefficient (Wildman–Crippen LogP) is 10.5. The van der Waals surface area contributed by atoms with Gasteiger partial charge in [0.15, 0.2) is 0 Å². The van der Waals surface area contributed by atoms with Gasteiger partial charge in [0.2, 0.25) is 5.95 Å². The van der Waals surface area contributed by atoms with E-state index in [2.05, 4.69) is 125 Å². The Morgan fingerprint density at radius 1 is 0.553 bits per heavy atom. The number of pyridine rings is 1. The van der Waals surface area contributed by atoms with Crippen LogP contribution in [0.25, 0.3) is 50.1 Å². The van der Waals surface area contributed by atoms with Gasteiger partial charge >= 0.3 is 21.1 Å². The Hall–Kier alpha value is -5.57. The van der Waals surface area contributed by atoms with Gasteiger partial charge in [0.05, 0.1) is 22.4 Å². The molecule has 0 atom stereocenters. The zero-order valence-electron chi connectivity index (χ0n) is 25.3. The van der Waals surface area contributed by atoms with E-state index in [9.17, 15) is 0 Å². The van der Waals surface area contributed by atoms with Crippen molar-refractivity contribution < 1.29 is 21.1 Å². The summed E-state index contributed by atoms with van der Waals surface area (Å²) < 4.78 is 2.26. The van der Waals surface area contributed by atoms with E-state index in [1.807, 2.05) is 66.9 Å². The Morgan fingerprint density at radius 2 is 1.23 bits per heavy atom. The molecular formula is C42H28N4Pt. The number of nitrogens with zero attached hydrogens (tertiary/aromatic N) is 4. The molecule has 0 bridgehead atoms. The van der Waals surface area contributed by atoms with Crippen LogP contribution < -0.4 is 4.90 Å². The summed E-state index contributed by atoms with van der Waals surface area (Å²) in [6, 6.07) is 62.9. The quantitative estimate of drug-likeness (QED) is 0.151. The minimum atomic E-state index is 0. The summed E-state index contributed by atoms with van der Waals surface area (Å²) in [5.41, 5.74) is 10.1. The van der Waals surface area contributed by atoms with E-state index in [4.69, 9.17) is 9.97 Å². The van der Waals surface area contributed by atoms with Crippen LogP contribution in [0.1, 0.15) is 0 Å². The van der Waals surface area contributed by atoms with Crippen molar-refractivity contribution in [3.63, 3.8) is 0 Å². The Labute approximate surface area is 288 Å². The van der Waals surface area contributed by atoms with Crippen LogP contribution in [-0.2, 0) is 21.1 Å². The summed E-state index contributed by atoms with van der Waals surface area (Å²) in [6.07, 6.45) is 1.82. The van der Waals surface area contributed by atoms with Crippen molar-refractivity contribution in [1.82, 2.24) is 14.5 Å². The van der Waals surface area contributed by atoms with Crippen molar-refractivity contribution in [3.05, 3.63) is 182 Å². The molecule has 0 saturated heterocycles. The van der Waals surface area contributed by atoms with Gasteiger partial charge in [-0.2, -0.15) is 42.0 Å². The largest absolute Gasteiger partial charge is 2.00 e. The van der Waals surface area contributed by atoms with Crippen molar-refractivity contribution in [2.24, 2.45) is 0 Å². The summed E-state index contributed by atoms with van der Waals surface area (Å²) >= 11 is 0. The first-order chi connectivity index (χ1) is 22.8. The molecule has 0 aliphatic heterocycles. The minimum Gasteiger partial charge on any atom is -0.278 e. The third-order valence-electron chi connectivity index (χ3n) is 8.07. The van der Waals surface area contributed by atoms with Gasteiger partial charge < -0.3 is 0 Å². The summed E-state index contributed by atoms with van der Waals surface area (Å²) in [6.45, 7) is 0. The van der Waals surface area contributed by atoms with E-state index < -0.39 is 0 Å². The molecule has 4 nitrogen and oxygen atoms in total. The minimum absolute atomic E-state index is 0. The molecule has 0 spiro atoms. The fraction of sp³-hybridized carbons (Fsp3) is 0. The van der Waals surface area contributed by atoms with Crippen molar-refractivity contribution in [3.8, 4) is 39.1 Å². The molecule has 0 amide bonds. The number of hydrogen-bond donors (Lipinski definition) is 0. The summed E-state index contributed by atoms with van der Waals surface area (Å²) in [4.78, 5) is 12.4. The van der Waals surface area contributed by atoms with Gasteiger partial charge in [0, 0.05) is 11.8 Å². The molecule has 0 radical (unpaired) electrons. The van der Waals surface area contributed by atoms with Crippen molar-refractivity contribution in [1.29, 1.82) is 0 Å². The first kappa shape index (κ1) is 30.1. The maximum atomic E-state index is 5.48. The number of anilines is 3. The van der Waals surface area contributed by atoms with Gasteiger partial charge in [0.1, 0.15) is 5.82 Å². The van der Waals surface area contributed by atoms with Crippen molar-refractivity contribution >= 4 is 28.5 Å². The molecule has 0 N–H and O–H groups in total. The predicted molar refractivity (Wildman–Crippen MR) is 188 cm³/mol. The molecule has 0 unspecified atom stereocenters. The molecule has 47 heavy (non-hydrogen) atoms. The van der Waals surface area contributed by atoms with Crippen LogP contribution >= 0.6 is 0 Å². The van der Waals surface area contributed by atoms with Gasteiger partial charge in [-0.05, 0) is 42.0 Å². The number of para-hydroxylation sites is 3. The Kier molecular flexibility index (Phi) is 8.60. The van der Waals surface area contributed by atoms with E-state index in [1.54, 1.807) is 0 Å². The van der Waals surface area contributed by atoms with Crippen LogP contribution in [-0.4, -0.2) is 14.5 Å². The Morgan fingerprint density at radius 3 is 2.02 bits per heavy atom. The summed E-state index contributed by atoms with van der Waals surface area (Å²) in [5, 5.41) is 0. The number of benzene rings is 6. The second-order valence-corrected chi connectivity index (χ2v) is 10.9. The molecule has 226 valence electrons. The first-order valence-electron chi connectivity index (χ1n) is 15.3. The summed E-state index contributed by atoms with van der Waals surface area (Å²) in [7, 11) is 0. The fourth-order valence-corrected chi connectivity index (χ4v) is 5.98. The van der Waals surface area contributed by atoms with Gasteiger partial charge in [-0.15, -0.1) is 23.8 Å². The van der Waals surface area contributed by atoms with E-state index in [-0.39, 0.29) is 21.1 Å². The van der Waals surface area contributed by atoms with Gasteiger partial charge in [-0.3, -0.25) is 9.47 Å². The van der Waals surface area contributed by atoms with Gasteiger partial charge in [-0.25, -0.2) is 15.5 Å². The molecular weight excluding hydrogens is 756 g/mol. The average Bonchev–Trinajstić information content (AvgIpc) is 3.52. The fourth-order valence-electron chi connectivity index (χ4n) is 5.98. The molecule has 8 rings (SSSR count). The van der Waals surface area contributed by atoms with Crippen LogP contribution in [0.15, 0.2) is 170 Å². The monoisotopic (exact) mass is 783 g/mol. The molecule has 2 aromatic heterocycles. The molecule has 6 aromatic carbocycles. The molecule has 0 saturated carbocycles. The molecule has 0 aliphatic carbocycles. The van der Waals surface area contributed by atoms with Crippen LogP contribution in [0.4, 0.5) is 17.5 Å². The third kappa shape index (κ3) is 5.80. The zero-order valence-corrected chi connectivity index (χ0v) is 27.5. The van der Waals surface area contributed by atoms with Crippen LogP contribution in [0.3, 0.4) is 0 Å². The normalized spacial score (nSPS) is 10.8. The zero-order chi connectivity index (χ0) is 30.7. The van der Waals surface area contributed by atoms with Crippen LogP contribution in [0.5, 0.6) is 0 Å². The van der Waals surface area contributed by atoms with Crippen LogP contribution in [0.2, 0.25) is 0 Å². The number of rotatable bonds is 7. The SMILES string of the molecule is [Pt+2].[c-]1ccccc1-c1[c-]c(-c2cccc3c2nc(N(c2ccccc2)c2ccccn2)n3-c2ccccc2-c2ccccc2)ccc1. The Balaban J connectivity index is 0.00000351. The second-order valence-electron chi connectivity index (χ2n) is 10.9. The maximum Gasteiger partial charge on any atom is 2.00 e. The van der Waals surface area contributed by atoms with E-state index in [1.165, 1.54) is 0 Å².